The molecule has 2 aliphatic rings. The number of aliphatic carboxylic acids is 1. The van der Waals surface area contributed by atoms with Gasteiger partial charge in [-0.25, -0.2) is 4.39 Å². The number of hydrogen-bond donors (Lipinski definition) is 1. The number of hydrogen-bond acceptors (Lipinski definition) is 3. The van der Waals surface area contributed by atoms with E-state index in [9.17, 15) is 40.3 Å². The number of amides is 1. The van der Waals surface area contributed by atoms with Crippen molar-refractivity contribution in [1.82, 2.24) is 9.80 Å². The zero-order valence-electron chi connectivity index (χ0n) is 24.8. The van der Waals surface area contributed by atoms with Crippen LogP contribution in [0.15, 0.2) is 36.4 Å². The lowest BCUT2D eigenvalue weighted by Crippen LogP contribution is -2.50. The lowest BCUT2D eigenvalue weighted by Gasteiger charge is -2.45. The van der Waals surface area contributed by atoms with Gasteiger partial charge >= 0.3 is 18.3 Å². The van der Waals surface area contributed by atoms with Crippen molar-refractivity contribution >= 4 is 11.9 Å². The summed E-state index contributed by atoms with van der Waals surface area (Å²) in [5.74, 6) is -2.59. The first-order valence-corrected chi connectivity index (χ1v) is 14.7. The summed E-state index contributed by atoms with van der Waals surface area (Å²) in [7, 11) is 1.38. The van der Waals surface area contributed by atoms with Crippen molar-refractivity contribution in [3.05, 3.63) is 70.0 Å². The Morgan fingerprint density at radius 3 is 2.07 bits per heavy atom. The molecule has 0 bridgehead atoms. The second kappa shape index (κ2) is 13.1. The summed E-state index contributed by atoms with van der Waals surface area (Å²) in [5, 5.41) is 9.15. The van der Waals surface area contributed by atoms with Crippen LogP contribution in [0, 0.1) is 24.6 Å². The molecule has 1 aliphatic carbocycles. The van der Waals surface area contributed by atoms with E-state index in [1.54, 1.807) is 13.0 Å². The van der Waals surface area contributed by atoms with Crippen LogP contribution >= 0.6 is 0 Å². The topological polar surface area (TPSA) is 60.9 Å². The highest BCUT2D eigenvalue weighted by atomic mass is 19.4. The fourth-order valence-electron chi connectivity index (χ4n) is 6.83. The van der Waals surface area contributed by atoms with Gasteiger partial charge in [0.05, 0.1) is 17.2 Å². The van der Waals surface area contributed by atoms with Crippen molar-refractivity contribution in [2.45, 2.75) is 82.7 Å². The number of carboxylic acids is 1. The monoisotopic (exact) mass is 630 g/mol. The van der Waals surface area contributed by atoms with Gasteiger partial charge in [0.1, 0.15) is 5.82 Å². The van der Waals surface area contributed by atoms with Gasteiger partial charge in [-0.1, -0.05) is 6.07 Å². The average Bonchev–Trinajstić information content (AvgIpc) is 2.94. The number of halogens is 7. The Morgan fingerprint density at radius 1 is 0.955 bits per heavy atom. The Balaban J connectivity index is 1.60. The summed E-state index contributed by atoms with van der Waals surface area (Å²) in [5.41, 5.74) is -1.77. The van der Waals surface area contributed by atoms with Gasteiger partial charge in [0.2, 0.25) is 5.91 Å². The lowest BCUT2D eigenvalue weighted by molar-refractivity contribution is -0.143. The summed E-state index contributed by atoms with van der Waals surface area (Å²) < 4.78 is 95.1. The largest absolute Gasteiger partial charge is 0.481 e. The third-order valence-electron chi connectivity index (χ3n) is 9.41. The maximum Gasteiger partial charge on any atom is 0.416 e. The quantitative estimate of drug-likeness (QED) is 0.317. The van der Waals surface area contributed by atoms with E-state index in [4.69, 9.17) is 5.11 Å². The molecule has 5 nitrogen and oxygen atoms in total. The molecule has 44 heavy (non-hydrogen) atoms. The molecule has 0 aromatic heterocycles. The van der Waals surface area contributed by atoms with E-state index < -0.39 is 59.1 Å². The number of likely N-dealkylation sites (tertiary alicyclic amines) is 1. The number of benzene rings is 2. The number of alkyl halides is 6. The third-order valence-corrected chi connectivity index (χ3v) is 9.41. The summed E-state index contributed by atoms with van der Waals surface area (Å²) >= 11 is 0. The summed E-state index contributed by atoms with van der Waals surface area (Å²) in [6, 6.07) is 4.77. The van der Waals surface area contributed by atoms with Crippen LogP contribution in [0.25, 0.3) is 0 Å². The van der Waals surface area contributed by atoms with Crippen LogP contribution in [0.3, 0.4) is 0 Å². The van der Waals surface area contributed by atoms with E-state index in [0.717, 1.165) is 31.2 Å². The van der Waals surface area contributed by atoms with Crippen molar-refractivity contribution in [3.63, 3.8) is 0 Å². The van der Waals surface area contributed by atoms with Crippen LogP contribution in [0.2, 0.25) is 0 Å². The molecule has 1 saturated carbocycles. The molecular formula is C32H37F7N2O3. The van der Waals surface area contributed by atoms with E-state index in [-0.39, 0.29) is 30.0 Å². The van der Waals surface area contributed by atoms with Gasteiger partial charge in [0, 0.05) is 37.9 Å². The molecule has 0 spiro atoms. The Hall–Kier alpha value is -3.15. The molecular weight excluding hydrogens is 593 g/mol. The lowest BCUT2D eigenvalue weighted by atomic mass is 9.76. The predicted octanol–water partition coefficient (Wildman–Crippen LogP) is 7.83. The highest BCUT2D eigenvalue weighted by molar-refractivity contribution is 5.80. The zero-order valence-corrected chi connectivity index (χ0v) is 24.8. The van der Waals surface area contributed by atoms with Crippen LogP contribution in [-0.2, 0) is 21.9 Å². The fraction of sp³-hybridized carbons (Fsp3) is 0.562. The van der Waals surface area contributed by atoms with Crippen molar-refractivity contribution < 1.29 is 45.4 Å². The molecule has 242 valence electrons. The number of carbonyl (C=O) groups is 2. The molecule has 1 aliphatic heterocycles. The number of rotatable bonds is 7. The van der Waals surface area contributed by atoms with E-state index in [2.05, 4.69) is 4.90 Å². The van der Waals surface area contributed by atoms with Gasteiger partial charge in [0.25, 0.3) is 0 Å². The van der Waals surface area contributed by atoms with Crippen molar-refractivity contribution in [1.29, 1.82) is 0 Å². The van der Waals surface area contributed by atoms with Gasteiger partial charge in [-0.05, 0) is 105 Å². The fourth-order valence-corrected chi connectivity index (χ4v) is 6.83. The van der Waals surface area contributed by atoms with Crippen molar-refractivity contribution in [2.75, 3.05) is 20.1 Å². The minimum Gasteiger partial charge on any atom is -0.481 e. The second-order valence-corrected chi connectivity index (χ2v) is 12.2. The third kappa shape index (κ3) is 7.73. The molecule has 1 heterocycles. The first-order valence-electron chi connectivity index (χ1n) is 14.7. The van der Waals surface area contributed by atoms with Gasteiger partial charge < -0.3 is 10.0 Å². The summed E-state index contributed by atoms with van der Waals surface area (Å²) in [4.78, 5) is 28.6. The second-order valence-electron chi connectivity index (χ2n) is 12.2. The van der Waals surface area contributed by atoms with Gasteiger partial charge in [-0.2, -0.15) is 26.3 Å². The van der Waals surface area contributed by atoms with Crippen LogP contribution < -0.4 is 0 Å². The minimum absolute atomic E-state index is 0.0657. The van der Waals surface area contributed by atoms with Gasteiger partial charge in [-0.3, -0.25) is 14.5 Å². The Bertz CT molecular complexity index is 1320. The van der Waals surface area contributed by atoms with Crippen LogP contribution in [0.4, 0.5) is 30.7 Å². The van der Waals surface area contributed by atoms with Crippen molar-refractivity contribution in [2.24, 2.45) is 11.8 Å². The standard InChI is InChI=1S/C32H37F7N2O3/c1-18-12-24(33)6-9-26(18)28-17-41(25-7-4-20(5-8-25)13-29(42)43)11-10-27(28)30(44)40(3)19(2)21-14-22(31(34,35)36)16-23(15-21)32(37,38)39/h6,9,12,14-16,19-20,25,27-28H,4-5,7-8,10-11,13,17H2,1-3H3,(H,42,43)/t19?,20?,25?,27-,28+/m0/s1. The Labute approximate surface area is 252 Å². The molecule has 0 radical (unpaired) electrons. The van der Waals surface area contributed by atoms with Crippen LogP contribution in [-0.4, -0.2) is 53.0 Å². The van der Waals surface area contributed by atoms with E-state index >= 15 is 0 Å². The van der Waals surface area contributed by atoms with Crippen molar-refractivity contribution in [3.8, 4) is 0 Å². The predicted molar refractivity (Wildman–Crippen MR) is 149 cm³/mol. The zero-order chi connectivity index (χ0) is 32.6. The van der Waals surface area contributed by atoms with Gasteiger partial charge in [-0.15, -0.1) is 0 Å². The van der Waals surface area contributed by atoms with Gasteiger partial charge in [0.15, 0.2) is 0 Å². The molecule has 1 N–H and O–H groups in total. The number of carbonyl (C=O) groups excluding carboxylic acids is 1. The first-order chi connectivity index (χ1) is 20.5. The van der Waals surface area contributed by atoms with E-state index in [0.29, 0.717) is 37.2 Å². The normalized spacial score (nSPS) is 24.1. The number of aryl methyl sites for hydroxylation is 1. The van der Waals surface area contributed by atoms with Crippen LogP contribution in [0.1, 0.15) is 85.2 Å². The molecule has 2 aromatic carbocycles. The number of piperidine rings is 1. The molecule has 1 unspecified atom stereocenters. The molecule has 1 saturated heterocycles. The highest BCUT2D eigenvalue weighted by Crippen LogP contribution is 2.42. The average molecular weight is 631 g/mol. The minimum atomic E-state index is -5.01. The highest BCUT2D eigenvalue weighted by Gasteiger charge is 2.42. The van der Waals surface area contributed by atoms with E-state index in [1.807, 2.05) is 0 Å². The summed E-state index contributed by atoms with van der Waals surface area (Å²) in [6.07, 6.45) is -6.35. The SMILES string of the molecule is Cc1cc(F)ccc1[C@H]1CN(C2CCC(CC(=O)O)CC2)CC[C@@H]1C(=O)N(C)C(C)c1cc(C(F)(F)F)cc(C(F)(F)F)c1. The molecule has 2 fully saturated rings. The summed E-state index contributed by atoms with van der Waals surface area (Å²) in [6.45, 7) is 4.15. The number of carboxylic acid groups (broad SMARTS) is 1. The Morgan fingerprint density at radius 2 is 1.55 bits per heavy atom. The Kier molecular flexibility index (Phi) is 10.0. The maximum absolute atomic E-state index is 14.0. The molecule has 1 amide bonds. The molecule has 3 atom stereocenters. The molecule has 4 rings (SSSR count). The number of nitrogens with zero attached hydrogens (tertiary/aromatic N) is 2. The molecule has 2 aromatic rings. The first kappa shape index (κ1) is 33.7. The van der Waals surface area contributed by atoms with E-state index in [1.165, 1.54) is 31.0 Å². The maximum atomic E-state index is 14.0. The van der Waals surface area contributed by atoms with Crippen LogP contribution in [0.5, 0.6) is 0 Å². The smallest absolute Gasteiger partial charge is 0.416 e. The molecule has 12 heteroatoms.